The molecule has 3 N–H and O–H groups in total. The minimum atomic E-state index is -0.975. The van der Waals surface area contributed by atoms with Crippen molar-refractivity contribution in [2.45, 2.75) is 39.2 Å². The van der Waals surface area contributed by atoms with Crippen LogP contribution in [0.3, 0.4) is 0 Å². The predicted octanol–water partition coefficient (Wildman–Crippen LogP) is 3.42. The van der Waals surface area contributed by atoms with Crippen molar-refractivity contribution in [1.82, 2.24) is 5.32 Å². The van der Waals surface area contributed by atoms with E-state index in [0.29, 0.717) is 22.4 Å². The van der Waals surface area contributed by atoms with Crippen LogP contribution in [0.25, 0.3) is 0 Å². The third-order valence-electron chi connectivity index (χ3n) is 5.89. The summed E-state index contributed by atoms with van der Waals surface area (Å²) in [7, 11) is 2.37. The predicted molar refractivity (Wildman–Crippen MR) is 138 cm³/mol. The summed E-state index contributed by atoms with van der Waals surface area (Å²) in [5.74, 6) is -3.05. The molecule has 0 bridgehead atoms. The number of carbonyl (C=O) groups excluding carboxylic acids is 3. The maximum absolute atomic E-state index is 13.2. The largest absolute Gasteiger partial charge is 0.466 e. The van der Waals surface area contributed by atoms with Gasteiger partial charge in [-0.1, -0.05) is 36.4 Å². The molecule has 2 aromatic rings. The van der Waals surface area contributed by atoms with E-state index < -0.39 is 23.4 Å². The van der Waals surface area contributed by atoms with Crippen LogP contribution in [0, 0.1) is 18.3 Å². The average molecular weight is 503 g/mol. The lowest BCUT2D eigenvalue weighted by molar-refractivity contribution is -0.139. The minimum absolute atomic E-state index is 0.0446. The highest BCUT2D eigenvalue weighted by Gasteiger charge is 2.43. The first kappa shape index (κ1) is 27.0. The van der Waals surface area contributed by atoms with E-state index in [1.807, 2.05) is 20.8 Å². The Bertz CT molecular complexity index is 1350. The van der Waals surface area contributed by atoms with Crippen molar-refractivity contribution in [3.05, 3.63) is 87.9 Å². The number of methoxy groups -OCH3 is 2. The van der Waals surface area contributed by atoms with Gasteiger partial charge in [-0.3, -0.25) is 9.69 Å². The van der Waals surface area contributed by atoms with Crippen LogP contribution in [0.15, 0.2) is 71.2 Å². The normalized spacial score (nSPS) is 15.7. The first-order valence-corrected chi connectivity index (χ1v) is 11.5. The Hall–Kier alpha value is -4.58. The van der Waals surface area contributed by atoms with Gasteiger partial charge in [-0.25, -0.2) is 9.59 Å². The Balaban J connectivity index is 2.38. The summed E-state index contributed by atoms with van der Waals surface area (Å²) in [4.78, 5) is 40.8. The molecule has 2 aromatic carbocycles. The highest BCUT2D eigenvalue weighted by atomic mass is 16.5. The third kappa shape index (κ3) is 5.19. The van der Waals surface area contributed by atoms with Gasteiger partial charge in [-0.2, -0.15) is 5.26 Å². The second kappa shape index (κ2) is 10.6. The summed E-state index contributed by atoms with van der Waals surface area (Å²) in [5.41, 5.74) is 7.54. The van der Waals surface area contributed by atoms with Crippen molar-refractivity contribution in [2.24, 2.45) is 5.73 Å². The van der Waals surface area contributed by atoms with Gasteiger partial charge in [0.25, 0.3) is 5.91 Å². The molecule has 9 heteroatoms. The Morgan fingerprint density at radius 3 is 2.16 bits per heavy atom. The molecule has 0 saturated heterocycles. The van der Waals surface area contributed by atoms with Crippen LogP contribution in [0.5, 0.6) is 0 Å². The molecule has 0 fully saturated rings. The molecular weight excluding hydrogens is 472 g/mol. The highest BCUT2D eigenvalue weighted by Crippen LogP contribution is 2.44. The number of allylic oxidation sites excluding steroid dienone is 1. The number of hydrogen-bond donors (Lipinski definition) is 2. The summed E-state index contributed by atoms with van der Waals surface area (Å²) in [6.45, 7) is 7.28. The Morgan fingerprint density at radius 1 is 1.00 bits per heavy atom. The Kier molecular flexibility index (Phi) is 7.73. The topological polar surface area (TPSA) is 135 Å². The summed E-state index contributed by atoms with van der Waals surface area (Å²) >= 11 is 0. The molecule has 0 aliphatic carbocycles. The van der Waals surface area contributed by atoms with Gasteiger partial charge in [0.1, 0.15) is 11.5 Å². The number of amides is 1. The van der Waals surface area contributed by atoms with Crippen molar-refractivity contribution in [3.8, 4) is 6.07 Å². The molecule has 1 amide bonds. The van der Waals surface area contributed by atoms with E-state index in [1.54, 1.807) is 55.5 Å². The van der Waals surface area contributed by atoms with Crippen LogP contribution >= 0.6 is 0 Å². The van der Waals surface area contributed by atoms with Crippen LogP contribution in [-0.4, -0.2) is 37.6 Å². The number of ether oxygens (including phenoxy) is 2. The average Bonchev–Trinajstić information content (AvgIpc) is 2.86. The van der Waals surface area contributed by atoms with Crippen LogP contribution in [0.2, 0.25) is 0 Å². The van der Waals surface area contributed by atoms with Crippen molar-refractivity contribution in [2.75, 3.05) is 19.1 Å². The zero-order valence-electron chi connectivity index (χ0n) is 21.7. The van der Waals surface area contributed by atoms with Crippen LogP contribution < -0.4 is 16.0 Å². The highest BCUT2D eigenvalue weighted by molar-refractivity contribution is 6.07. The van der Waals surface area contributed by atoms with Gasteiger partial charge >= 0.3 is 11.9 Å². The number of anilines is 1. The van der Waals surface area contributed by atoms with Gasteiger partial charge in [0.2, 0.25) is 0 Å². The van der Waals surface area contributed by atoms with Gasteiger partial charge in [-0.15, -0.1) is 0 Å². The Labute approximate surface area is 216 Å². The molecule has 1 atom stereocenters. The standard InChI is InChI=1S/C28H30N4O5/c1-16-18(25(33)31-28(2,3)4)13-10-14-20(16)32-23(27(35)37-6)22(26(34)36-5)21(19(15-29)24(32)30)17-11-8-7-9-12-17/h7-14,21H,30H2,1-6H3,(H,31,33). The number of nitrogens with one attached hydrogen (secondary N) is 1. The fourth-order valence-electron chi connectivity index (χ4n) is 4.28. The molecular formula is C28H30N4O5. The molecule has 0 saturated carbocycles. The van der Waals surface area contributed by atoms with Gasteiger partial charge in [0, 0.05) is 11.1 Å². The van der Waals surface area contributed by atoms with Crippen molar-refractivity contribution in [1.29, 1.82) is 5.26 Å². The number of nitrogens with zero attached hydrogens (tertiary/aromatic N) is 2. The molecule has 1 aliphatic heterocycles. The second-order valence-corrected chi connectivity index (χ2v) is 9.49. The van der Waals surface area contributed by atoms with Gasteiger partial charge in [0.15, 0.2) is 0 Å². The van der Waals surface area contributed by atoms with Crippen molar-refractivity contribution in [3.63, 3.8) is 0 Å². The first-order valence-electron chi connectivity index (χ1n) is 11.5. The lowest BCUT2D eigenvalue weighted by Gasteiger charge is -2.36. The van der Waals surface area contributed by atoms with E-state index >= 15 is 0 Å². The second-order valence-electron chi connectivity index (χ2n) is 9.49. The SMILES string of the molecule is COC(=O)C1=C(C(=O)OC)N(c2cccc(C(=O)NC(C)(C)C)c2C)C(N)=C(C#N)C1c1ccccc1. The zero-order valence-corrected chi connectivity index (χ0v) is 21.7. The summed E-state index contributed by atoms with van der Waals surface area (Å²) in [6, 6.07) is 15.8. The smallest absolute Gasteiger partial charge is 0.355 e. The Morgan fingerprint density at radius 2 is 1.62 bits per heavy atom. The van der Waals surface area contributed by atoms with Crippen LogP contribution in [0.1, 0.15) is 48.2 Å². The van der Waals surface area contributed by atoms with E-state index in [0.717, 1.165) is 0 Å². The van der Waals surface area contributed by atoms with Gasteiger partial charge in [-0.05, 0) is 51.0 Å². The maximum Gasteiger partial charge on any atom is 0.355 e. The number of carbonyl (C=O) groups is 3. The monoisotopic (exact) mass is 502 g/mol. The molecule has 192 valence electrons. The third-order valence-corrected chi connectivity index (χ3v) is 5.89. The molecule has 0 spiro atoms. The van der Waals surface area contributed by atoms with E-state index in [2.05, 4.69) is 11.4 Å². The molecule has 0 radical (unpaired) electrons. The molecule has 1 heterocycles. The van der Waals surface area contributed by atoms with Crippen LogP contribution in [-0.2, 0) is 19.1 Å². The zero-order chi connectivity index (χ0) is 27.5. The lowest BCUT2D eigenvalue weighted by Crippen LogP contribution is -2.42. The van der Waals surface area contributed by atoms with Gasteiger partial charge in [0.05, 0.1) is 43.0 Å². The molecule has 9 nitrogen and oxygen atoms in total. The number of nitrogens with two attached hydrogens (primary N) is 1. The van der Waals surface area contributed by atoms with E-state index in [4.69, 9.17) is 15.2 Å². The fraction of sp³-hybridized carbons (Fsp3) is 0.286. The summed E-state index contributed by atoms with van der Waals surface area (Å²) in [5, 5.41) is 13.1. The molecule has 1 aliphatic rings. The maximum atomic E-state index is 13.2. The molecule has 0 aromatic heterocycles. The van der Waals surface area contributed by atoms with Crippen molar-refractivity contribution < 1.29 is 23.9 Å². The number of rotatable bonds is 5. The number of esters is 2. The fourth-order valence-corrected chi connectivity index (χ4v) is 4.28. The first-order chi connectivity index (χ1) is 17.5. The number of nitriles is 1. The van der Waals surface area contributed by atoms with E-state index in [1.165, 1.54) is 19.1 Å². The minimum Gasteiger partial charge on any atom is -0.466 e. The van der Waals surface area contributed by atoms with Crippen molar-refractivity contribution >= 4 is 23.5 Å². The number of benzene rings is 2. The molecule has 3 rings (SSSR count). The summed E-state index contributed by atoms with van der Waals surface area (Å²) in [6.07, 6.45) is 0. The van der Waals surface area contributed by atoms with E-state index in [9.17, 15) is 19.6 Å². The number of hydrogen-bond acceptors (Lipinski definition) is 8. The van der Waals surface area contributed by atoms with Crippen LogP contribution in [0.4, 0.5) is 5.69 Å². The summed E-state index contributed by atoms with van der Waals surface area (Å²) < 4.78 is 10.1. The van der Waals surface area contributed by atoms with Gasteiger partial charge < -0.3 is 20.5 Å². The quantitative estimate of drug-likeness (QED) is 0.594. The molecule has 37 heavy (non-hydrogen) atoms. The van der Waals surface area contributed by atoms with E-state index in [-0.39, 0.29) is 28.6 Å². The molecule has 1 unspecified atom stereocenters. The lowest BCUT2D eigenvalue weighted by atomic mass is 9.80.